The van der Waals surface area contributed by atoms with E-state index in [2.05, 4.69) is 20.8 Å². The summed E-state index contributed by atoms with van der Waals surface area (Å²) in [6.45, 7) is 6.89. The van der Waals surface area contributed by atoms with Crippen LogP contribution in [0.5, 0.6) is 0 Å². The second-order valence-corrected chi connectivity index (χ2v) is 11.5. The molecular formula is C24H40O5. The van der Waals surface area contributed by atoms with E-state index in [-0.39, 0.29) is 35.2 Å². The SMILES string of the molecule is C[C@H](CCC(=O)O)[C@H]1CC[C@@H]2[C@H]3[C@H](O)[C@@H](O)[C@@H]4C[C@H](O)CC[C@]4(C)[C@@H]3CC[C@@]21C. The summed E-state index contributed by atoms with van der Waals surface area (Å²) < 4.78 is 0. The van der Waals surface area contributed by atoms with Crippen LogP contribution in [0.1, 0.15) is 78.6 Å². The lowest BCUT2D eigenvalue weighted by Gasteiger charge is -2.63. The van der Waals surface area contributed by atoms with Crippen molar-refractivity contribution in [3.63, 3.8) is 0 Å². The number of hydrogen-bond acceptors (Lipinski definition) is 4. The van der Waals surface area contributed by atoms with Crippen molar-refractivity contribution in [2.75, 3.05) is 0 Å². The van der Waals surface area contributed by atoms with Gasteiger partial charge in [-0.15, -0.1) is 0 Å². The molecule has 4 aliphatic carbocycles. The van der Waals surface area contributed by atoms with Crippen molar-refractivity contribution < 1.29 is 25.2 Å². The van der Waals surface area contributed by atoms with Crippen LogP contribution >= 0.6 is 0 Å². The molecule has 0 heterocycles. The fourth-order valence-corrected chi connectivity index (χ4v) is 8.77. The van der Waals surface area contributed by atoms with Crippen LogP contribution in [0.25, 0.3) is 0 Å². The quantitative estimate of drug-likeness (QED) is 0.571. The molecule has 0 aromatic carbocycles. The Morgan fingerprint density at radius 1 is 0.931 bits per heavy atom. The number of aliphatic hydroxyl groups is 3. The molecule has 4 aliphatic rings. The molecule has 0 aliphatic heterocycles. The molecule has 4 N–H and O–H groups in total. The van der Waals surface area contributed by atoms with Crippen molar-refractivity contribution >= 4 is 5.97 Å². The number of carboxylic acid groups (broad SMARTS) is 1. The largest absolute Gasteiger partial charge is 0.481 e. The van der Waals surface area contributed by atoms with Crippen LogP contribution in [-0.4, -0.2) is 44.7 Å². The van der Waals surface area contributed by atoms with Gasteiger partial charge in [0.05, 0.1) is 18.3 Å². The Morgan fingerprint density at radius 3 is 2.28 bits per heavy atom. The highest BCUT2D eigenvalue weighted by atomic mass is 16.4. The summed E-state index contributed by atoms with van der Waals surface area (Å²) in [5, 5.41) is 41.7. The van der Waals surface area contributed by atoms with E-state index in [1.54, 1.807) is 0 Å². The first-order valence-corrected chi connectivity index (χ1v) is 11.9. The van der Waals surface area contributed by atoms with Gasteiger partial charge in [-0.2, -0.15) is 0 Å². The number of aliphatic carboxylic acids is 1. The maximum Gasteiger partial charge on any atom is 0.303 e. The lowest BCUT2D eigenvalue weighted by Crippen LogP contribution is -2.64. The van der Waals surface area contributed by atoms with Gasteiger partial charge in [0, 0.05) is 6.42 Å². The van der Waals surface area contributed by atoms with Crippen molar-refractivity contribution in [2.45, 2.75) is 96.9 Å². The predicted molar refractivity (Wildman–Crippen MR) is 110 cm³/mol. The number of rotatable bonds is 4. The minimum atomic E-state index is -0.748. The van der Waals surface area contributed by atoms with Gasteiger partial charge in [-0.05, 0) is 97.7 Å². The molecule has 0 unspecified atom stereocenters. The van der Waals surface area contributed by atoms with E-state index < -0.39 is 18.2 Å². The second kappa shape index (κ2) is 7.49. The van der Waals surface area contributed by atoms with Gasteiger partial charge >= 0.3 is 5.97 Å². The Hall–Kier alpha value is -0.650. The van der Waals surface area contributed by atoms with E-state index in [1.807, 2.05) is 0 Å². The van der Waals surface area contributed by atoms with Crippen LogP contribution in [0.2, 0.25) is 0 Å². The lowest BCUT2D eigenvalue weighted by atomic mass is 9.43. The van der Waals surface area contributed by atoms with E-state index in [0.717, 1.165) is 44.9 Å². The van der Waals surface area contributed by atoms with Crippen molar-refractivity contribution in [1.29, 1.82) is 0 Å². The molecule has 0 aromatic rings. The molecule has 166 valence electrons. The molecule has 29 heavy (non-hydrogen) atoms. The first-order chi connectivity index (χ1) is 13.6. The van der Waals surface area contributed by atoms with Crippen molar-refractivity contribution in [3.8, 4) is 0 Å². The smallest absolute Gasteiger partial charge is 0.303 e. The first kappa shape index (κ1) is 21.6. The summed E-state index contributed by atoms with van der Waals surface area (Å²) in [6, 6.07) is 0. The number of hydrogen-bond donors (Lipinski definition) is 4. The highest BCUT2D eigenvalue weighted by Crippen LogP contribution is 2.68. The van der Waals surface area contributed by atoms with E-state index in [0.29, 0.717) is 30.1 Å². The zero-order chi connectivity index (χ0) is 21.1. The molecule has 0 bridgehead atoms. The molecule has 0 amide bonds. The van der Waals surface area contributed by atoms with Crippen LogP contribution in [0.15, 0.2) is 0 Å². The summed E-state index contributed by atoms with van der Waals surface area (Å²) in [5.41, 5.74) is 0.119. The summed E-state index contributed by atoms with van der Waals surface area (Å²) in [4.78, 5) is 11.1. The molecular weight excluding hydrogens is 368 g/mol. The molecule has 11 atom stereocenters. The molecule has 4 saturated carbocycles. The average molecular weight is 409 g/mol. The van der Waals surface area contributed by atoms with Gasteiger partial charge in [0.15, 0.2) is 0 Å². The minimum absolute atomic E-state index is 0.00309. The second-order valence-electron chi connectivity index (χ2n) is 11.5. The molecule has 5 heteroatoms. The van der Waals surface area contributed by atoms with Gasteiger partial charge in [0.1, 0.15) is 0 Å². The zero-order valence-electron chi connectivity index (χ0n) is 18.3. The predicted octanol–water partition coefficient (Wildman–Crippen LogP) is 3.45. The van der Waals surface area contributed by atoms with Crippen LogP contribution < -0.4 is 0 Å². The van der Waals surface area contributed by atoms with Crippen molar-refractivity contribution in [3.05, 3.63) is 0 Å². The van der Waals surface area contributed by atoms with Crippen molar-refractivity contribution in [2.24, 2.45) is 46.3 Å². The molecule has 5 nitrogen and oxygen atoms in total. The summed E-state index contributed by atoms with van der Waals surface area (Å²) in [5.74, 6) is 1.06. The van der Waals surface area contributed by atoms with Crippen LogP contribution in [-0.2, 0) is 4.79 Å². The van der Waals surface area contributed by atoms with Gasteiger partial charge < -0.3 is 20.4 Å². The Labute approximate surface area is 174 Å². The summed E-state index contributed by atoms with van der Waals surface area (Å²) in [7, 11) is 0. The Kier molecular flexibility index (Phi) is 5.57. The summed E-state index contributed by atoms with van der Waals surface area (Å²) >= 11 is 0. The lowest BCUT2D eigenvalue weighted by molar-refractivity contribution is -0.223. The van der Waals surface area contributed by atoms with Gasteiger partial charge in [-0.1, -0.05) is 20.8 Å². The van der Waals surface area contributed by atoms with E-state index >= 15 is 0 Å². The number of aliphatic hydroxyl groups excluding tert-OH is 3. The fourth-order valence-electron chi connectivity index (χ4n) is 8.77. The van der Waals surface area contributed by atoms with Gasteiger partial charge in [0.2, 0.25) is 0 Å². The first-order valence-electron chi connectivity index (χ1n) is 11.9. The minimum Gasteiger partial charge on any atom is -0.481 e. The highest BCUT2D eigenvalue weighted by Gasteiger charge is 2.65. The molecule has 4 rings (SSSR count). The molecule has 0 aromatic heterocycles. The van der Waals surface area contributed by atoms with E-state index in [1.165, 1.54) is 0 Å². The standard InChI is InChI=1S/C24H40O5/c1-13(4-7-19(26)27)15-5-6-16-20-17(9-11-23(15,16)2)24(3)10-8-14(25)12-18(24)21(28)22(20)29/h13-18,20-22,25,28-29H,4-12H2,1-3H3,(H,26,27)/t13-,14-,15-,16-,17-,18+,20-,21+,22+,23-,24-/m1/s1. The number of carbonyl (C=O) groups is 1. The molecule has 0 saturated heterocycles. The van der Waals surface area contributed by atoms with Crippen LogP contribution in [0.3, 0.4) is 0 Å². The average Bonchev–Trinajstić information content (AvgIpc) is 3.02. The monoisotopic (exact) mass is 408 g/mol. The third-order valence-electron chi connectivity index (χ3n) is 10.3. The van der Waals surface area contributed by atoms with E-state index in [4.69, 9.17) is 5.11 Å². The normalized spacial score (nSPS) is 52.9. The van der Waals surface area contributed by atoms with Gasteiger partial charge in [-0.25, -0.2) is 0 Å². The third-order valence-corrected chi connectivity index (χ3v) is 10.3. The number of fused-ring (bicyclic) bond motifs is 5. The van der Waals surface area contributed by atoms with Crippen molar-refractivity contribution in [1.82, 2.24) is 0 Å². The van der Waals surface area contributed by atoms with Crippen LogP contribution in [0, 0.1) is 46.3 Å². The third kappa shape index (κ3) is 3.27. The topological polar surface area (TPSA) is 98.0 Å². The maximum atomic E-state index is 11.3. The van der Waals surface area contributed by atoms with E-state index in [9.17, 15) is 20.1 Å². The Bertz CT molecular complexity index is 637. The Morgan fingerprint density at radius 2 is 1.59 bits per heavy atom. The summed E-state index contributed by atoms with van der Waals surface area (Å²) in [6.07, 6.45) is 5.87. The number of carboxylic acids is 1. The zero-order valence-corrected chi connectivity index (χ0v) is 18.3. The van der Waals surface area contributed by atoms with Gasteiger partial charge in [-0.3, -0.25) is 4.79 Å². The van der Waals surface area contributed by atoms with Gasteiger partial charge in [0.25, 0.3) is 0 Å². The van der Waals surface area contributed by atoms with Crippen LogP contribution in [0.4, 0.5) is 0 Å². The maximum absolute atomic E-state index is 11.3. The molecule has 0 spiro atoms. The Balaban J connectivity index is 1.59. The fraction of sp³-hybridized carbons (Fsp3) is 0.958. The molecule has 4 fully saturated rings. The molecule has 0 radical (unpaired) electrons. The highest BCUT2D eigenvalue weighted by molar-refractivity contribution is 5.66.